The van der Waals surface area contributed by atoms with E-state index in [9.17, 15) is 17.6 Å². The van der Waals surface area contributed by atoms with Crippen LogP contribution in [-0.4, -0.2) is 31.9 Å². The summed E-state index contributed by atoms with van der Waals surface area (Å²) in [5.74, 6) is -0.137. The summed E-state index contributed by atoms with van der Waals surface area (Å²) in [4.78, 5) is 12.0. The zero-order valence-electron chi connectivity index (χ0n) is 13.5. The summed E-state index contributed by atoms with van der Waals surface area (Å²) >= 11 is 0. The van der Waals surface area contributed by atoms with E-state index in [2.05, 4.69) is 10.6 Å². The van der Waals surface area contributed by atoms with Crippen molar-refractivity contribution in [3.8, 4) is 0 Å². The van der Waals surface area contributed by atoms with E-state index in [1.165, 1.54) is 12.1 Å². The number of nitrogens with one attached hydrogen (secondary N) is 2. The molecule has 0 bridgehead atoms. The Bertz CT molecular complexity index is 849. The van der Waals surface area contributed by atoms with Crippen molar-refractivity contribution in [1.29, 1.82) is 0 Å². The molecule has 1 aliphatic heterocycles. The molecule has 0 saturated carbocycles. The number of carbonyl (C=O) groups is 1. The molecule has 2 N–H and O–H groups in total. The van der Waals surface area contributed by atoms with Gasteiger partial charge >= 0.3 is 0 Å². The fourth-order valence-electron chi connectivity index (χ4n) is 2.79. The zero-order valence-corrected chi connectivity index (χ0v) is 14.4. The first-order valence-electron chi connectivity index (χ1n) is 8.01. The molecule has 132 valence electrons. The number of anilines is 2. The third kappa shape index (κ3) is 5.03. The average molecular weight is 362 g/mol. The molecule has 0 aromatic heterocycles. The van der Waals surface area contributed by atoms with Gasteiger partial charge in [0.05, 0.1) is 17.9 Å². The molecular weight excluding hydrogens is 343 g/mol. The smallest absolute Gasteiger partial charge is 0.228 e. The van der Waals surface area contributed by atoms with Gasteiger partial charge in [0.15, 0.2) is 9.84 Å². The maximum atomic E-state index is 12.9. The van der Waals surface area contributed by atoms with E-state index in [0.717, 1.165) is 11.3 Å². The van der Waals surface area contributed by atoms with E-state index in [-0.39, 0.29) is 35.7 Å². The van der Waals surface area contributed by atoms with Crippen LogP contribution in [0, 0.1) is 5.82 Å². The number of benzene rings is 2. The van der Waals surface area contributed by atoms with Crippen molar-refractivity contribution in [1.82, 2.24) is 0 Å². The molecule has 0 aliphatic carbocycles. The monoisotopic (exact) mass is 362 g/mol. The SMILES string of the molecule is O=C(Cc1ccc(F)cc1)Nc1ccc(NC2CCS(=O)(=O)C2)cc1. The number of halogens is 1. The molecule has 1 unspecified atom stereocenters. The van der Waals surface area contributed by atoms with Crippen molar-refractivity contribution in [3.05, 3.63) is 59.9 Å². The molecule has 5 nitrogen and oxygen atoms in total. The minimum absolute atomic E-state index is 0.0658. The van der Waals surface area contributed by atoms with Gasteiger partial charge in [-0.3, -0.25) is 4.79 Å². The first-order valence-corrected chi connectivity index (χ1v) is 9.83. The Hall–Kier alpha value is -2.41. The highest BCUT2D eigenvalue weighted by atomic mass is 32.2. The summed E-state index contributed by atoms with van der Waals surface area (Å²) in [6.07, 6.45) is 0.776. The third-order valence-corrected chi connectivity index (χ3v) is 5.82. The maximum absolute atomic E-state index is 12.9. The highest BCUT2D eigenvalue weighted by Gasteiger charge is 2.27. The summed E-state index contributed by atoms with van der Waals surface area (Å²) in [5, 5.41) is 5.98. The van der Waals surface area contributed by atoms with E-state index in [1.54, 1.807) is 36.4 Å². The van der Waals surface area contributed by atoms with Crippen molar-refractivity contribution in [2.24, 2.45) is 0 Å². The van der Waals surface area contributed by atoms with Gasteiger partial charge in [-0.2, -0.15) is 0 Å². The van der Waals surface area contributed by atoms with E-state index < -0.39 is 9.84 Å². The number of amides is 1. The quantitative estimate of drug-likeness (QED) is 0.857. The molecule has 0 radical (unpaired) electrons. The molecule has 7 heteroatoms. The fraction of sp³-hybridized carbons (Fsp3) is 0.278. The Morgan fingerprint density at radius 3 is 2.28 bits per heavy atom. The van der Waals surface area contributed by atoms with Gasteiger partial charge in [-0.15, -0.1) is 0 Å². The minimum Gasteiger partial charge on any atom is -0.381 e. The van der Waals surface area contributed by atoms with Crippen molar-refractivity contribution >= 4 is 27.1 Å². The maximum Gasteiger partial charge on any atom is 0.228 e. The minimum atomic E-state index is -2.92. The van der Waals surface area contributed by atoms with Gasteiger partial charge in [-0.25, -0.2) is 12.8 Å². The molecule has 25 heavy (non-hydrogen) atoms. The van der Waals surface area contributed by atoms with Crippen LogP contribution in [0.3, 0.4) is 0 Å². The Kier molecular flexibility index (Phi) is 5.03. The Balaban J connectivity index is 1.53. The molecular formula is C18H19FN2O3S. The second-order valence-electron chi connectivity index (χ2n) is 6.17. The lowest BCUT2D eigenvalue weighted by Gasteiger charge is -2.13. The molecule has 2 aromatic rings. The lowest BCUT2D eigenvalue weighted by atomic mass is 10.1. The summed E-state index contributed by atoms with van der Waals surface area (Å²) in [5.41, 5.74) is 2.20. The standard InChI is InChI=1S/C18H19FN2O3S/c19-14-3-1-13(2-4-14)11-18(22)21-16-7-5-15(6-8-16)20-17-9-10-25(23,24)12-17/h1-8,17,20H,9-12H2,(H,21,22). The molecule has 1 fully saturated rings. The van der Waals surface area contributed by atoms with E-state index in [1.807, 2.05) is 0 Å². The van der Waals surface area contributed by atoms with Gasteiger partial charge in [0.1, 0.15) is 5.82 Å². The first-order chi connectivity index (χ1) is 11.9. The topological polar surface area (TPSA) is 75.3 Å². The van der Waals surface area contributed by atoms with Crippen LogP contribution in [0.4, 0.5) is 15.8 Å². The second-order valence-corrected chi connectivity index (χ2v) is 8.40. The Morgan fingerprint density at radius 1 is 1.04 bits per heavy atom. The number of sulfone groups is 1. The predicted molar refractivity (Wildman–Crippen MR) is 95.9 cm³/mol. The summed E-state index contributed by atoms with van der Waals surface area (Å²) in [6, 6.07) is 12.9. The van der Waals surface area contributed by atoms with Crippen molar-refractivity contribution in [2.45, 2.75) is 18.9 Å². The lowest BCUT2D eigenvalue weighted by molar-refractivity contribution is -0.115. The number of hydrogen-bond acceptors (Lipinski definition) is 4. The van der Waals surface area contributed by atoms with Crippen LogP contribution in [0.1, 0.15) is 12.0 Å². The molecule has 1 saturated heterocycles. The average Bonchev–Trinajstić information content (AvgIpc) is 2.90. The largest absolute Gasteiger partial charge is 0.381 e. The third-order valence-electron chi connectivity index (χ3n) is 4.05. The van der Waals surface area contributed by atoms with Gasteiger partial charge in [0.25, 0.3) is 0 Å². The lowest BCUT2D eigenvalue weighted by Crippen LogP contribution is -2.20. The Morgan fingerprint density at radius 2 is 1.68 bits per heavy atom. The van der Waals surface area contributed by atoms with Gasteiger partial charge < -0.3 is 10.6 Å². The summed E-state index contributed by atoms with van der Waals surface area (Å²) in [6.45, 7) is 0. The first kappa shape index (κ1) is 17.4. The van der Waals surface area contributed by atoms with Gasteiger partial charge in [0.2, 0.25) is 5.91 Å². The normalized spacial score (nSPS) is 18.7. The van der Waals surface area contributed by atoms with Crippen LogP contribution >= 0.6 is 0 Å². The molecule has 2 aromatic carbocycles. The highest BCUT2D eigenvalue weighted by molar-refractivity contribution is 7.91. The van der Waals surface area contributed by atoms with Crippen molar-refractivity contribution in [2.75, 3.05) is 22.1 Å². The van der Waals surface area contributed by atoms with E-state index in [0.29, 0.717) is 12.1 Å². The summed E-state index contributed by atoms with van der Waals surface area (Å²) in [7, 11) is -2.92. The molecule has 1 atom stereocenters. The molecule has 0 spiro atoms. The fourth-order valence-corrected chi connectivity index (χ4v) is 4.46. The van der Waals surface area contributed by atoms with Crippen LogP contribution in [0.25, 0.3) is 0 Å². The Labute approximate surface area is 146 Å². The van der Waals surface area contributed by atoms with Crippen LogP contribution in [-0.2, 0) is 21.1 Å². The highest BCUT2D eigenvalue weighted by Crippen LogP contribution is 2.19. The van der Waals surface area contributed by atoms with Gasteiger partial charge in [-0.1, -0.05) is 12.1 Å². The molecule has 3 rings (SSSR count). The second kappa shape index (κ2) is 7.23. The van der Waals surface area contributed by atoms with Crippen LogP contribution in [0.5, 0.6) is 0 Å². The predicted octanol–water partition coefficient (Wildman–Crippen LogP) is 2.61. The van der Waals surface area contributed by atoms with Crippen molar-refractivity contribution < 1.29 is 17.6 Å². The van der Waals surface area contributed by atoms with Crippen LogP contribution < -0.4 is 10.6 Å². The van der Waals surface area contributed by atoms with E-state index in [4.69, 9.17) is 0 Å². The van der Waals surface area contributed by atoms with Crippen LogP contribution in [0.15, 0.2) is 48.5 Å². The zero-order chi connectivity index (χ0) is 17.9. The van der Waals surface area contributed by atoms with Gasteiger partial charge in [0, 0.05) is 17.4 Å². The number of carbonyl (C=O) groups excluding carboxylic acids is 1. The van der Waals surface area contributed by atoms with Gasteiger partial charge in [-0.05, 0) is 48.4 Å². The number of hydrogen-bond donors (Lipinski definition) is 2. The van der Waals surface area contributed by atoms with E-state index >= 15 is 0 Å². The molecule has 1 aliphatic rings. The summed E-state index contributed by atoms with van der Waals surface area (Å²) < 4.78 is 35.8. The number of rotatable bonds is 5. The van der Waals surface area contributed by atoms with Crippen molar-refractivity contribution in [3.63, 3.8) is 0 Å². The molecule has 1 amide bonds. The van der Waals surface area contributed by atoms with Crippen LogP contribution in [0.2, 0.25) is 0 Å². The molecule has 1 heterocycles.